The van der Waals surface area contributed by atoms with E-state index < -0.39 is 11.8 Å². The molecule has 8 heteroatoms. The van der Waals surface area contributed by atoms with Crippen molar-refractivity contribution in [3.8, 4) is 5.75 Å². The van der Waals surface area contributed by atoms with Crippen LogP contribution >= 0.6 is 0 Å². The molecule has 1 fully saturated rings. The fourth-order valence-corrected chi connectivity index (χ4v) is 2.12. The van der Waals surface area contributed by atoms with Crippen LogP contribution in [0.3, 0.4) is 0 Å². The number of ether oxygens (including phenoxy) is 1. The fourth-order valence-electron chi connectivity index (χ4n) is 2.12. The predicted octanol–water partition coefficient (Wildman–Crippen LogP) is -1.27. The Labute approximate surface area is 127 Å². The number of piperazine rings is 1. The Hall–Kier alpha value is -2.61. The molecule has 3 N–H and O–H groups in total. The summed E-state index contributed by atoms with van der Waals surface area (Å²) in [5, 5.41) is 0. The van der Waals surface area contributed by atoms with Crippen molar-refractivity contribution in [1.29, 1.82) is 0 Å². The van der Waals surface area contributed by atoms with Crippen molar-refractivity contribution in [1.82, 2.24) is 15.2 Å². The maximum Gasteiger partial charge on any atom is 0.323 e. The van der Waals surface area contributed by atoms with Gasteiger partial charge in [-0.25, -0.2) is 5.84 Å². The Bertz CT molecular complexity index is 541. The van der Waals surface area contributed by atoms with Crippen LogP contribution in [0.4, 0.5) is 0 Å². The van der Waals surface area contributed by atoms with Crippen LogP contribution in [0.25, 0.3) is 0 Å². The average molecular weight is 306 g/mol. The third-order valence-electron chi connectivity index (χ3n) is 3.35. The molecule has 0 radical (unpaired) electrons. The molecule has 0 aromatic heterocycles. The third-order valence-corrected chi connectivity index (χ3v) is 3.35. The predicted molar refractivity (Wildman–Crippen MR) is 77.4 cm³/mol. The lowest BCUT2D eigenvalue weighted by atomic mass is 10.3. The van der Waals surface area contributed by atoms with Crippen LogP contribution in [0, 0.1) is 0 Å². The fraction of sp³-hybridized carbons (Fsp3) is 0.357. The molecule has 0 aliphatic carbocycles. The first-order valence-electron chi connectivity index (χ1n) is 6.87. The minimum Gasteiger partial charge on any atom is -0.484 e. The summed E-state index contributed by atoms with van der Waals surface area (Å²) in [5.74, 6) is 3.86. The number of hydrogen-bond donors (Lipinski definition) is 2. The number of benzene rings is 1. The van der Waals surface area contributed by atoms with Crippen LogP contribution in [0.5, 0.6) is 5.75 Å². The van der Waals surface area contributed by atoms with Gasteiger partial charge in [0, 0.05) is 26.2 Å². The van der Waals surface area contributed by atoms with E-state index in [0.29, 0.717) is 31.9 Å². The molecule has 2 rings (SSSR count). The molecule has 0 atom stereocenters. The van der Waals surface area contributed by atoms with E-state index in [2.05, 4.69) is 0 Å². The van der Waals surface area contributed by atoms with Gasteiger partial charge in [0.1, 0.15) is 5.75 Å². The van der Waals surface area contributed by atoms with Gasteiger partial charge in [-0.05, 0) is 12.1 Å². The lowest BCUT2D eigenvalue weighted by molar-refractivity contribution is -0.148. The molecule has 22 heavy (non-hydrogen) atoms. The molecule has 0 unspecified atom stereocenters. The number of rotatable bonds is 3. The first-order valence-corrected chi connectivity index (χ1v) is 6.87. The first-order chi connectivity index (χ1) is 10.6. The van der Waals surface area contributed by atoms with E-state index in [1.165, 1.54) is 4.90 Å². The summed E-state index contributed by atoms with van der Waals surface area (Å²) in [6.45, 7) is 1.26. The number of hydrogen-bond acceptors (Lipinski definition) is 5. The summed E-state index contributed by atoms with van der Waals surface area (Å²) < 4.78 is 5.40. The van der Waals surface area contributed by atoms with E-state index in [0.717, 1.165) is 0 Å². The van der Waals surface area contributed by atoms with Gasteiger partial charge in [-0.1, -0.05) is 18.2 Å². The first kappa shape index (κ1) is 15.8. The quantitative estimate of drug-likeness (QED) is 0.313. The van der Waals surface area contributed by atoms with Gasteiger partial charge < -0.3 is 14.5 Å². The van der Waals surface area contributed by atoms with Gasteiger partial charge in [-0.3, -0.25) is 19.8 Å². The molecule has 0 saturated carbocycles. The molecule has 0 spiro atoms. The second-order valence-corrected chi connectivity index (χ2v) is 4.75. The van der Waals surface area contributed by atoms with Crippen molar-refractivity contribution in [3.63, 3.8) is 0 Å². The van der Waals surface area contributed by atoms with Crippen LogP contribution in [-0.4, -0.2) is 60.3 Å². The summed E-state index contributed by atoms with van der Waals surface area (Å²) >= 11 is 0. The molecular weight excluding hydrogens is 288 g/mol. The highest BCUT2D eigenvalue weighted by atomic mass is 16.5. The highest BCUT2D eigenvalue weighted by molar-refractivity contribution is 6.34. The number of amides is 3. The number of carbonyl (C=O) groups excluding carboxylic acids is 3. The number of para-hydroxylation sites is 1. The van der Waals surface area contributed by atoms with E-state index >= 15 is 0 Å². The van der Waals surface area contributed by atoms with Crippen molar-refractivity contribution < 1.29 is 19.1 Å². The number of carbonyl (C=O) groups is 3. The highest BCUT2D eigenvalue weighted by Crippen LogP contribution is 2.09. The van der Waals surface area contributed by atoms with Crippen LogP contribution < -0.4 is 16.0 Å². The van der Waals surface area contributed by atoms with Crippen LogP contribution in [-0.2, 0) is 14.4 Å². The SMILES string of the molecule is NNC(=O)C(=O)N1CCN(C(=O)COc2ccccc2)CC1. The molecule has 1 aliphatic heterocycles. The van der Waals surface area contributed by atoms with Crippen molar-refractivity contribution in [2.45, 2.75) is 0 Å². The molecule has 1 heterocycles. The van der Waals surface area contributed by atoms with E-state index in [-0.39, 0.29) is 12.5 Å². The van der Waals surface area contributed by atoms with Gasteiger partial charge >= 0.3 is 11.8 Å². The zero-order valence-electron chi connectivity index (χ0n) is 12.0. The van der Waals surface area contributed by atoms with E-state index in [1.54, 1.807) is 22.5 Å². The van der Waals surface area contributed by atoms with Gasteiger partial charge in [0.2, 0.25) is 0 Å². The molecule has 118 valence electrons. The van der Waals surface area contributed by atoms with Crippen LogP contribution in [0.1, 0.15) is 0 Å². The van der Waals surface area contributed by atoms with Gasteiger partial charge in [-0.2, -0.15) is 0 Å². The minimum atomic E-state index is -0.854. The summed E-state index contributed by atoms with van der Waals surface area (Å²) in [4.78, 5) is 37.8. The summed E-state index contributed by atoms with van der Waals surface area (Å²) in [6.07, 6.45) is 0. The average Bonchev–Trinajstić information content (AvgIpc) is 2.59. The van der Waals surface area contributed by atoms with Crippen LogP contribution in [0.15, 0.2) is 30.3 Å². The topological polar surface area (TPSA) is 105 Å². The normalized spacial score (nSPS) is 14.4. The summed E-state index contributed by atoms with van der Waals surface area (Å²) in [5.41, 5.74) is 1.80. The van der Waals surface area contributed by atoms with E-state index in [9.17, 15) is 14.4 Å². The molecule has 1 aliphatic rings. The molecule has 8 nitrogen and oxygen atoms in total. The second kappa shape index (κ2) is 7.41. The molecule has 0 bridgehead atoms. The number of nitrogens with zero attached hydrogens (tertiary/aromatic N) is 2. The van der Waals surface area contributed by atoms with Crippen molar-refractivity contribution in [2.75, 3.05) is 32.8 Å². The number of nitrogens with two attached hydrogens (primary N) is 1. The van der Waals surface area contributed by atoms with E-state index in [4.69, 9.17) is 10.6 Å². The Kier molecular flexibility index (Phi) is 5.31. The van der Waals surface area contributed by atoms with Crippen molar-refractivity contribution in [3.05, 3.63) is 30.3 Å². The van der Waals surface area contributed by atoms with Gasteiger partial charge in [0.15, 0.2) is 6.61 Å². The number of nitrogens with one attached hydrogen (secondary N) is 1. The smallest absolute Gasteiger partial charge is 0.323 e. The number of hydrazine groups is 1. The lowest BCUT2D eigenvalue weighted by Gasteiger charge is -2.34. The van der Waals surface area contributed by atoms with E-state index in [1.807, 2.05) is 18.2 Å². The third kappa shape index (κ3) is 3.95. The molecule has 1 aromatic carbocycles. The Morgan fingerprint density at radius 3 is 2.23 bits per heavy atom. The Balaban J connectivity index is 1.77. The summed E-state index contributed by atoms with van der Waals surface area (Å²) in [6, 6.07) is 9.06. The maximum absolute atomic E-state index is 12.0. The Morgan fingerprint density at radius 2 is 1.64 bits per heavy atom. The Morgan fingerprint density at radius 1 is 1.05 bits per heavy atom. The molecule has 1 aromatic rings. The molecule has 1 saturated heterocycles. The van der Waals surface area contributed by atoms with Crippen LogP contribution in [0.2, 0.25) is 0 Å². The maximum atomic E-state index is 12.0. The standard InChI is InChI=1S/C14H18N4O4/c15-16-13(20)14(21)18-8-6-17(7-9-18)12(19)10-22-11-4-2-1-3-5-11/h1-5H,6-10,15H2,(H,16,20). The molecular formula is C14H18N4O4. The molecule has 3 amide bonds. The van der Waals surface area contributed by atoms with Crippen molar-refractivity contribution in [2.24, 2.45) is 5.84 Å². The van der Waals surface area contributed by atoms with Gasteiger partial charge in [-0.15, -0.1) is 0 Å². The highest BCUT2D eigenvalue weighted by Gasteiger charge is 2.27. The zero-order valence-corrected chi connectivity index (χ0v) is 12.0. The summed E-state index contributed by atoms with van der Waals surface area (Å²) in [7, 11) is 0. The largest absolute Gasteiger partial charge is 0.484 e. The van der Waals surface area contributed by atoms with Gasteiger partial charge in [0.05, 0.1) is 0 Å². The zero-order chi connectivity index (χ0) is 15.9. The minimum absolute atomic E-state index is 0.0543. The van der Waals surface area contributed by atoms with Crippen molar-refractivity contribution >= 4 is 17.7 Å². The van der Waals surface area contributed by atoms with Gasteiger partial charge in [0.25, 0.3) is 5.91 Å². The lowest BCUT2D eigenvalue weighted by Crippen LogP contribution is -2.55. The second-order valence-electron chi connectivity index (χ2n) is 4.75. The monoisotopic (exact) mass is 306 g/mol.